The van der Waals surface area contributed by atoms with E-state index in [9.17, 15) is 9.90 Å². The van der Waals surface area contributed by atoms with E-state index in [2.05, 4.69) is 0 Å². The first-order valence-corrected chi connectivity index (χ1v) is 4.15. The van der Waals surface area contributed by atoms with Crippen LogP contribution in [0.1, 0.15) is 37.3 Å². The molecule has 0 radical (unpaired) electrons. The molecular weight excluding hydrogens is 168 g/mol. The molecule has 0 aliphatic carbocycles. The summed E-state index contributed by atoms with van der Waals surface area (Å²) in [5.41, 5.74) is 6.03. The normalized spacial score (nSPS) is 10.8. The molecule has 72 valence electrons. The average Bonchev–Trinajstić information content (AvgIpc) is 2.28. The molecule has 3 N–H and O–H groups in total. The fourth-order valence-electron chi connectivity index (χ4n) is 1.29. The maximum Gasteiger partial charge on any atom is 0.180 e. The number of anilines is 1. The molecule has 1 rings (SSSR count). The highest BCUT2D eigenvalue weighted by atomic mass is 16.3. The van der Waals surface area contributed by atoms with Crippen LogP contribution >= 0.6 is 0 Å². The van der Waals surface area contributed by atoms with Gasteiger partial charge >= 0.3 is 0 Å². The molecule has 0 aromatic carbocycles. The van der Waals surface area contributed by atoms with Gasteiger partial charge in [0.2, 0.25) is 0 Å². The SMILES string of the molecule is CC(=O)c1c(O)c(N)cn1C(C)C. The van der Waals surface area contributed by atoms with E-state index in [-0.39, 0.29) is 29.0 Å². The lowest BCUT2D eigenvalue weighted by Crippen LogP contribution is -2.07. The van der Waals surface area contributed by atoms with Gasteiger partial charge in [-0.2, -0.15) is 0 Å². The summed E-state index contributed by atoms with van der Waals surface area (Å²) in [6, 6.07) is 0.113. The van der Waals surface area contributed by atoms with E-state index < -0.39 is 0 Å². The van der Waals surface area contributed by atoms with Crippen molar-refractivity contribution >= 4 is 11.5 Å². The van der Waals surface area contributed by atoms with Gasteiger partial charge in [0.1, 0.15) is 5.69 Å². The Morgan fingerprint density at radius 2 is 2.15 bits per heavy atom. The highest BCUT2D eigenvalue weighted by Gasteiger charge is 2.18. The Balaban J connectivity index is 3.35. The zero-order chi connectivity index (χ0) is 10.2. The van der Waals surface area contributed by atoms with Crippen molar-refractivity contribution in [3.8, 4) is 5.75 Å². The molecule has 0 bridgehead atoms. The van der Waals surface area contributed by atoms with Gasteiger partial charge in [-0.3, -0.25) is 4.79 Å². The number of carbonyl (C=O) groups excluding carboxylic acids is 1. The van der Waals surface area contributed by atoms with Gasteiger partial charge in [0.15, 0.2) is 11.5 Å². The lowest BCUT2D eigenvalue weighted by atomic mass is 10.2. The van der Waals surface area contributed by atoms with Gasteiger partial charge in [0.25, 0.3) is 0 Å². The monoisotopic (exact) mass is 182 g/mol. The summed E-state index contributed by atoms with van der Waals surface area (Å²) in [5.74, 6) is -0.288. The first-order chi connectivity index (χ1) is 5.95. The average molecular weight is 182 g/mol. The number of nitrogen functional groups attached to an aromatic ring is 1. The first kappa shape index (κ1) is 9.64. The van der Waals surface area contributed by atoms with E-state index in [0.29, 0.717) is 0 Å². The smallest absolute Gasteiger partial charge is 0.180 e. The summed E-state index contributed by atoms with van der Waals surface area (Å²) in [5, 5.41) is 9.47. The van der Waals surface area contributed by atoms with Crippen LogP contribution < -0.4 is 5.73 Å². The molecular formula is C9H14N2O2. The van der Waals surface area contributed by atoms with Crippen molar-refractivity contribution in [2.75, 3.05) is 5.73 Å². The van der Waals surface area contributed by atoms with Gasteiger partial charge in [-0.05, 0) is 13.8 Å². The quantitative estimate of drug-likeness (QED) is 0.682. The van der Waals surface area contributed by atoms with Crippen LogP contribution in [0.5, 0.6) is 5.75 Å². The van der Waals surface area contributed by atoms with Crippen LogP contribution in [0.25, 0.3) is 0 Å². The number of aromatic hydroxyl groups is 1. The molecule has 0 amide bonds. The first-order valence-electron chi connectivity index (χ1n) is 4.15. The predicted octanol–water partition coefficient (Wildman–Crippen LogP) is 1.56. The molecule has 0 unspecified atom stereocenters. The number of Topliss-reactive ketones (excluding diaryl/α,β-unsaturated/α-hetero) is 1. The molecule has 1 aromatic heterocycles. The number of rotatable bonds is 2. The summed E-state index contributed by atoms with van der Waals surface area (Å²) >= 11 is 0. The molecule has 1 aromatic rings. The zero-order valence-corrected chi connectivity index (χ0v) is 8.03. The van der Waals surface area contributed by atoms with E-state index in [1.807, 2.05) is 13.8 Å². The highest BCUT2D eigenvalue weighted by Crippen LogP contribution is 2.29. The van der Waals surface area contributed by atoms with Crippen molar-refractivity contribution < 1.29 is 9.90 Å². The maximum absolute atomic E-state index is 11.2. The Kier molecular flexibility index (Phi) is 2.32. The van der Waals surface area contributed by atoms with E-state index in [0.717, 1.165) is 0 Å². The third kappa shape index (κ3) is 1.52. The third-order valence-electron chi connectivity index (χ3n) is 1.92. The molecule has 0 aliphatic heterocycles. The Labute approximate surface area is 77.0 Å². The number of nitrogens with zero attached hydrogens (tertiary/aromatic N) is 1. The van der Waals surface area contributed by atoms with Crippen LogP contribution in [-0.4, -0.2) is 15.5 Å². The molecule has 4 nitrogen and oxygen atoms in total. The summed E-state index contributed by atoms with van der Waals surface area (Å²) in [7, 11) is 0. The summed E-state index contributed by atoms with van der Waals surface area (Å²) in [6.45, 7) is 5.25. The van der Waals surface area contributed by atoms with Crippen molar-refractivity contribution in [2.24, 2.45) is 0 Å². The van der Waals surface area contributed by atoms with Crippen molar-refractivity contribution in [3.63, 3.8) is 0 Å². The van der Waals surface area contributed by atoms with Gasteiger partial charge in [0.05, 0.1) is 5.69 Å². The minimum absolute atomic E-state index is 0.110. The summed E-state index contributed by atoms with van der Waals surface area (Å²) < 4.78 is 1.67. The van der Waals surface area contributed by atoms with E-state index in [1.54, 1.807) is 10.8 Å². The molecule has 13 heavy (non-hydrogen) atoms. The lowest BCUT2D eigenvalue weighted by molar-refractivity contribution is 0.100. The second kappa shape index (κ2) is 3.12. The molecule has 0 atom stereocenters. The number of ketones is 1. The van der Waals surface area contributed by atoms with Crippen LogP contribution in [0.15, 0.2) is 6.20 Å². The molecule has 0 aliphatic rings. The van der Waals surface area contributed by atoms with Gasteiger partial charge in [-0.15, -0.1) is 0 Å². The minimum Gasteiger partial charge on any atom is -0.504 e. The fourth-order valence-corrected chi connectivity index (χ4v) is 1.29. The Morgan fingerprint density at radius 1 is 1.62 bits per heavy atom. The Hall–Kier alpha value is -1.45. The Bertz CT molecular complexity index is 340. The topological polar surface area (TPSA) is 68.2 Å². The van der Waals surface area contributed by atoms with Crippen molar-refractivity contribution in [2.45, 2.75) is 26.8 Å². The molecule has 0 saturated carbocycles. The van der Waals surface area contributed by atoms with E-state index in [4.69, 9.17) is 5.73 Å². The third-order valence-corrected chi connectivity index (χ3v) is 1.92. The van der Waals surface area contributed by atoms with Gasteiger partial charge < -0.3 is 15.4 Å². The van der Waals surface area contributed by atoms with Crippen LogP contribution in [0, 0.1) is 0 Å². The number of carbonyl (C=O) groups is 1. The Morgan fingerprint density at radius 3 is 2.46 bits per heavy atom. The number of hydrogen-bond acceptors (Lipinski definition) is 3. The second-order valence-corrected chi connectivity index (χ2v) is 3.34. The molecule has 1 heterocycles. The summed E-state index contributed by atoms with van der Waals surface area (Å²) in [6.07, 6.45) is 1.58. The summed E-state index contributed by atoms with van der Waals surface area (Å²) in [4.78, 5) is 11.2. The molecule has 4 heteroatoms. The van der Waals surface area contributed by atoms with E-state index >= 15 is 0 Å². The van der Waals surface area contributed by atoms with Crippen LogP contribution in [0.2, 0.25) is 0 Å². The van der Waals surface area contributed by atoms with Crippen LogP contribution in [0.4, 0.5) is 5.69 Å². The van der Waals surface area contributed by atoms with Crippen LogP contribution in [0.3, 0.4) is 0 Å². The number of nitrogens with two attached hydrogens (primary N) is 1. The van der Waals surface area contributed by atoms with Crippen molar-refractivity contribution in [1.29, 1.82) is 0 Å². The second-order valence-electron chi connectivity index (χ2n) is 3.34. The largest absolute Gasteiger partial charge is 0.504 e. The number of hydrogen-bond donors (Lipinski definition) is 2. The number of aromatic nitrogens is 1. The van der Waals surface area contributed by atoms with Crippen molar-refractivity contribution in [3.05, 3.63) is 11.9 Å². The zero-order valence-electron chi connectivity index (χ0n) is 8.03. The van der Waals surface area contributed by atoms with Gasteiger partial charge in [0, 0.05) is 19.2 Å². The van der Waals surface area contributed by atoms with Gasteiger partial charge in [-0.1, -0.05) is 0 Å². The molecule has 0 saturated heterocycles. The minimum atomic E-state index is -0.178. The lowest BCUT2D eigenvalue weighted by Gasteiger charge is -2.09. The van der Waals surface area contributed by atoms with Crippen molar-refractivity contribution in [1.82, 2.24) is 4.57 Å². The van der Waals surface area contributed by atoms with Gasteiger partial charge in [-0.25, -0.2) is 0 Å². The van der Waals surface area contributed by atoms with Crippen LogP contribution in [-0.2, 0) is 0 Å². The highest BCUT2D eigenvalue weighted by molar-refractivity contribution is 5.97. The standard InChI is InChI=1S/C9H14N2O2/c1-5(2)11-4-7(10)9(13)8(11)6(3)12/h4-5,13H,10H2,1-3H3. The molecule has 0 fully saturated rings. The molecule has 0 spiro atoms. The van der Waals surface area contributed by atoms with E-state index in [1.165, 1.54) is 6.92 Å². The predicted molar refractivity (Wildman–Crippen MR) is 50.9 cm³/mol. The fraction of sp³-hybridized carbons (Fsp3) is 0.444. The maximum atomic E-state index is 11.2.